The molecule has 0 bridgehead atoms. The van der Waals surface area contributed by atoms with E-state index < -0.39 is 0 Å². The van der Waals surface area contributed by atoms with Crippen LogP contribution in [0.25, 0.3) is 0 Å². The smallest absolute Gasteiger partial charge is 0.407 e. The maximum absolute atomic E-state index is 11.4. The zero-order chi connectivity index (χ0) is 13.2. The summed E-state index contributed by atoms with van der Waals surface area (Å²) in [5.74, 6) is 0.538. The van der Waals surface area contributed by atoms with Gasteiger partial charge in [0, 0.05) is 36.0 Å². The van der Waals surface area contributed by atoms with Crippen molar-refractivity contribution in [3.05, 3.63) is 22.4 Å². The molecule has 19 heavy (non-hydrogen) atoms. The first-order chi connectivity index (χ1) is 9.26. The van der Waals surface area contributed by atoms with Crippen LogP contribution >= 0.6 is 11.3 Å². The fourth-order valence-corrected chi connectivity index (χ4v) is 3.77. The number of thiophene rings is 1. The number of methoxy groups -OCH3 is 1. The second-order valence-electron chi connectivity index (χ2n) is 5.47. The van der Waals surface area contributed by atoms with Crippen molar-refractivity contribution in [3.63, 3.8) is 0 Å². The highest BCUT2D eigenvalue weighted by molar-refractivity contribution is 7.10. The normalized spacial score (nSPS) is 28.1. The lowest BCUT2D eigenvalue weighted by molar-refractivity contribution is 0.138. The molecule has 2 fully saturated rings. The third-order valence-corrected chi connectivity index (χ3v) is 5.03. The van der Waals surface area contributed by atoms with E-state index in [4.69, 9.17) is 4.74 Å². The van der Waals surface area contributed by atoms with Crippen LogP contribution in [0.5, 0.6) is 0 Å². The minimum atomic E-state index is -0.312. The van der Waals surface area contributed by atoms with Gasteiger partial charge in [0.05, 0.1) is 7.11 Å². The molecule has 4 nitrogen and oxygen atoms in total. The summed E-state index contributed by atoms with van der Waals surface area (Å²) in [5.41, 5.74) is 0. The van der Waals surface area contributed by atoms with E-state index in [-0.39, 0.29) is 12.1 Å². The molecule has 0 aromatic carbocycles. The van der Waals surface area contributed by atoms with Gasteiger partial charge in [0.25, 0.3) is 0 Å². The molecule has 2 unspecified atom stereocenters. The van der Waals surface area contributed by atoms with Gasteiger partial charge < -0.3 is 10.1 Å². The molecular formula is C14H20N2O2S. The number of ether oxygens (including phenoxy) is 1. The summed E-state index contributed by atoms with van der Waals surface area (Å²) in [6.45, 7) is 2.09. The van der Waals surface area contributed by atoms with Crippen LogP contribution in [0.1, 0.15) is 30.1 Å². The van der Waals surface area contributed by atoms with E-state index in [1.165, 1.54) is 24.8 Å². The number of alkyl carbamates (subject to hydrolysis) is 1. The topological polar surface area (TPSA) is 41.6 Å². The number of amides is 1. The molecule has 1 amide bonds. The first-order valence-corrected chi connectivity index (χ1v) is 7.76. The molecule has 1 aromatic rings. The van der Waals surface area contributed by atoms with E-state index in [1.54, 1.807) is 0 Å². The number of nitrogens with zero attached hydrogens (tertiary/aromatic N) is 1. The lowest BCUT2D eigenvalue weighted by Gasteiger charge is -2.37. The quantitative estimate of drug-likeness (QED) is 0.924. The number of piperidine rings is 1. The van der Waals surface area contributed by atoms with Gasteiger partial charge in [-0.1, -0.05) is 6.07 Å². The highest BCUT2D eigenvalue weighted by Crippen LogP contribution is 2.36. The Kier molecular flexibility index (Phi) is 3.75. The fraction of sp³-hybridized carbons (Fsp3) is 0.643. The van der Waals surface area contributed by atoms with E-state index in [9.17, 15) is 4.79 Å². The lowest BCUT2D eigenvalue weighted by atomic mass is 9.92. The third kappa shape index (κ3) is 3.09. The molecule has 3 rings (SSSR count). The van der Waals surface area contributed by atoms with Gasteiger partial charge >= 0.3 is 6.09 Å². The molecule has 0 radical (unpaired) electrons. The molecule has 2 atom stereocenters. The summed E-state index contributed by atoms with van der Waals surface area (Å²) >= 11 is 1.82. The minimum absolute atomic E-state index is 0.203. The van der Waals surface area contributed by atoms with Crippen LogP contribution in [-0.2, 0) is 4.74 Å². The van der Waals surface area contributed by atoms with E-state index in [1.807, 2.05) is 11.3 Å². The summed E-state index contributed by atoms with van der Waals surface area (Å²) < 4.78 is 4.72. The number of rotatable bonds is 3. The van der Waals surface area contributed by atoms with Crippen LogP contribution in [0.15, 0.2) is 17.5 Å². The minimum Gasteiger partial charge on any atom is -0.453 e. The van der Waals surface area contributed by atoms with Gasteiger partial charge in [-0.2, -0.15) is 0 Å². The Hall–Kier alpha value is -1.07. The Balaban J connectivity index is 1.69. The number of carbonyl (C=O) groups excluding carboxylic acids is 1. The van der Waals surface area contributed by atoms with Gasteiger partial charge in [0.2, 0.25) is 0 Å². The summed E-state index contributed by atoms with van der Waals surface area (Å²) in [6.07, 6.45) is 3.32. The Bertz CT molecular complexity index is 431. The van der Waals surface area contributed by atoms with Gasteiger partial charge in [-0.25, -0.2) is 4.79 Å². The molecular weight excluding hydrogens is 260 g/mol. The van der Waals surface area contributed by atoms with E-state index in [0.717, 1.165) is 25.6 Å². The van der Waals surface area contributed by atoms with Crippen molar-refractivity contribution in [2.24, 2.45) is 0 Å². The number of hydrogen-bond acceptors (Lipinski definition) is 4. The van der Waals surface area contributed by atoms with E-state index in [0.29, 0.717) is 5.92 Å². The van der Waals surface area contributed by atoms with E-state index in [2.05, 4.69) is 27.7 Å². The average molecular weight is 280 g/mol. The van der Waals surface area contributed by atoms with Crippen LogP contribution in [0.3, 0.4) is 0 Å². The summed E-state index contributed by atoms with van der Waals surface area (Å²) in [4.78, 5) is 15.4. The molecule has 1 saturated carbocycles. The SMILES string of the molecule is COC(=O)NC1CC(c2cccs2)CN(C2CC2)C1. The molecule has 1 aromatic heterocycles. The highest BCUT2D eigenvalue weighted by Gasteiger charge is 2.37. The molecule has 1 aliphatic carbocycles. The fourth-order valence-electron chi connectivity index (χ4n) is 2.93. The van der Waals surface area contributed by atoms with Crippen molar-refractivity contribution in [3.8, 4) is 0 Å². The number of likely N-dealkylation sites (tertiary alicyclic amines) is 1. The van der Waals surface area contributed by atoms with E-state index >= 15 is 0 Å². The molecule has 1 N–H and O–H groups in total. The van der Waals surface area contributed by atoms with Crippen LogP contribution in [-0.4, -0.2) is 43.3 Å². The third-order valence-electron chi connectivity index (χ3n) is 4.00. The Morgan fingerprint density at radius 2 is 2.32 bits per heavy atom. The standard InChI is InChI=1S/C14H20N2O2S/c1-18-14(17)15-11-7-10(13-3-2-6-19-13)8-16(9-11)12-4-5-12/h2-3,6,10-12H,4-5,7-9H2,1H3,(H,15,17). The predicted molar refractivity (Wildman–Crippen MR) is 75.6 cm³/mol. The molecule has 5 heteroatoms. The average Bonchev–Trinajstić information content (AvgIpc) is 3.13. The first kappa shape index (κ1) is 12.9. The van der Waals surface area contributed by atoms with Gasteiger partial charge in [0.15, 0.2) is 0 Å². The molecule has 104 valence electrons. The maximum atomic E-state index is 11.4. The van der Waals surface area contributed by atoms with Crippen LogP contribution in [0, 0.1) is 0 Å². The summed E-state index contributed by atoms with van der Waals surface area (Å²) in [7, 11) is 1.42. The maximum Gasteiger partial charge on any atom is 0.407 e. The van der Waals surface area contributed by atoms with Crippen molar-refractivity contribution in [1.82, 2.24) is 10.2 Å². The molecule has 0 spiro atoms. The monoisotopic (exact) mass is 280 g/mol. The van der Waals surface area contributed by atoms with Crippen LogP contribution in [0.2, 0.25) is 0 Å². The second kappa shape index (κ2) is 5.51. The van der Waals surface area contributed by atoms with Gasteiger partial charge in [-0.3, -0.25) is 4.90 Å². The lowest BCUT2D eigenvalue weighted by Crippen LogP contribution is -2.50. The molecule has 1 saturated heterocycles. The van der Waals surface area contributed by atoms with Crippen molar-refractivity contribution < 1.29 is 9.53 Å². The number of nitrogens with one attached hydrogen (secondary N) is 1. The Labute approximate surface area is 117 Å². The highest BCUT2D eigenvalue weighted by atomic mass is 32.1. The zero-order valence-corrected chi connectivity index (χ0v) is 12.0. The van der Waals surface area contributed by atoms with Crippen molar-refractivity contribution in [2.75, 3.05) is 20.2 Å². The number of hydrogen-bond donors (Lipinski definition) is 1. The Morgan fingerprint density at radius 3 is 2.95 bits per heavy atom. The first-order valence-electron chi connectivity index (χ1n) is 6.88. The Morgan fingerprint density at radius 1 is 1.47 bits per heavy atom. The number of carbonyl (C=O) groups is 1. The second-order valence-corrected chi connectivity index (χ2v) is 6.45. The zero-order valence-electron chi connectivity index (χ0n) is 11.2. The molecule has 2 aliphatic rings. The molecule has 1 aliphatic heterocycles. The summed E-state index contributed by atoms with van der Waals surface area (Å²) in [6, 6.07) is 5.26. The largest absolute Gasteiger partial charge is 0.453 e. The summed E-state index contributed by atoms with van der Waals surface area (Å²) in [5, 5.41) is 5.11. The van der Waals surface area contributed by atoms with Crippen LogP contribution in [0.4, 0.5) is 4.79 Å². The van der Waals surface area contributed by atoms with Gasteiger partial charge in [-0.05, 0) is 30.7 Å². The van der Waals surface area contributed by atoms with Crippen LogP contribution < -0.4 is 5.32 Å². The predicted octanol–water partition coefficient (Wildman–Crippen LogP) is 2.42. The molecule has 2 heterocycles. The van der Waals surface area contributed by atoms with Crippen molar-refractivity contribution >= 4 is 17.4 Å². The van der Waals surface area contributed by atoms with Gasteiger partial charge in [0.1, 0.15) is 0 Å². The van der Waals surface area contributed by atoms with Crippen molar-refractivity contribution in [1.29, 1.82) is 0 Å². The van der Waals surface area contributed by atoms with Crippen molar-refractivity contribution in [2.45, 2.75) is 37.3 Å². The van der Waals surface area contributed by atoms with Gasteiger partial charge in [-0.15, -0.1) is 11.3 Å².